The molecule has 1 fully saturated rings. The van der Waals surface area contributed by atoms with E-state index >= 15 is 0 Å². The Balaban J connectivity index is 2.20. The van der Waals surface area contributed by atoms with Gasteiger partial charge in [-0.3, -0.25) is 14.9 Å². The number of benzene rings is 1. The summed E-state index contributed by atoms with van der Waals surface area (Å²) in [5, 5.41) is 5.45. The van der Waals surface area contributed by atoms with Crippen LogP contribution < -0.4 is 15.5 Å². The Morgan fingerprint density at radius 2 is 2.14 bits per heavy atom. The minimum absolute atomic E-state index is 0.0204. The number of nitrogens with zero attached hydrogens (tertiary/aromatic N) is 1. The number of halogens is 1. The standard InChI is InChI=1S/C15H20FN3O2/c1-9(2)17-7-11-4-5-13(12(16)6-11)19-8-14(20)18-15(21)10(19)3/h4-6,9-10,17H,7-8H2,1-3H3,(H,18,20,21). The van der Waals surface area contributed by atoms with Gasteiger partial charge in [-0.2, -0.15) is 0 Å². The van der Waals surface area contributed by atoms with Gasteiger partial charge in [0.05, 0.1) is 12.2 Å². The minimum Gasteiger partial charge on any atom is -0.348 e. The lowest BCUT2D eigenvalue weighted by Crippen LogP contribution is -2.57. The Kier molecular flexibility index (Phi) is 4.57. The zero-order chi connectivity index (χ0) is 15.6. The molecule has 0 saturated carbocycles. The van der Waals surface area contributed by atoms with Gasteiger partial charge in [-0.25, -0.2) is 4.39 Å². The first-order chi connectivity index (χ1) is 9.88. The van der Waals surface area contributed by atoms with E-state index in [0.29, 0.717) is 12.6 Å². The lowest BCUT2D eigenvalue weighted by atomic mass is 10.1. The highest BCUT2D eigenvalue weighted by atomic mass is 19.1. The van der Waals surface area contributed by atoms with E-state index in [9.17, 15) is 14.0 Å². The molecule has 114 valence electrons. The van der Waals surface area contributed by atoms with E-state index in [0.717, 1.165) is 5.56 Å². The molecule has 1 saturated heterocycles. The van der Waals surface area contributed by atoms with Crippen molar-refractivity contribution in [2.24, 2.45) is 0 Å². The van der Waals surface area contributed by atoms with E-state index < -0.39 is 23.7 Å². The molecule has 1 heterocycles. The summed E-state index contributed by atoms with van der Waals surface area (Å²) < 4.78 is 14.3. The largest absolute Gasteiger partial charge is 0.348 e. The molecular formula is C15H20FN3O2. The summed E-state index contributed by atoms with van der Waals surface area (Å²) >= 11 is 0. The minimum atomic E-state index is -0.572. The summed E-state index contributed by atoms with van der Waals surface area (Å²) in [5.41, 5.74) is 1.10. The highest BCUT2D eigenvalue weighted by Gasteiger charge is 2.31. The van der Waals surface area contributed by atoms with E-state index in [2.05, 4.69) is 10.6 Å². The van der Waals surface area contributed by atoms with Crippen LogP contribution in [0.2, 0.25) is 0 Å². The highest BCUT2D eigenvalue weighted by Crippen LogP contribution is 2.24. The molecule has 1 unspecified atom stereocenters. The topological polar surface area (TPSA) is 61.4 Å². The van der Waals surface area contributed by atoms with Gasteiger partial charge in [-0.05, 0) is 24.6 Å². The van der Waals surface area contributed by atoms with E-state index in [1.165, 1.54) is 11.0 Å². The maximum absolute atomic E-state index is 14.3. The summed E-state index contributed by atoms with van der Waals surface area (Å²) in [4.78, 5) is 24.6. The van der Waals surface area contributed by atoms with Gasteiger partial charge in [-0.1, -0.05) is 19.9 Å². The van der Waals surface area contributed by atoms with Crippen LogP contribution in [0.1, 0.15) is 26.3 Å². The second-order valence-electron chi connectivity index (χ2n) is 5.54. The van der Waals surface area contributed by atoms with Gasteiger partial charge >= 0.3 is 0 Å². The summed E-state index contributed by atoms with van der Waals surface area (Å²) in [6.07, 6.45) is 0. The van der Waals surface area contributed by atoms with Crippen molar-refractivity contribution in [2.45, 2.75) is 39.4 Å². The van der Waals surface area contributed by atoms with Crippen molar-refractivity contribution >= 4 is 17.5 Å². The van der Waals surface area contributed by atoms with Crippen LogP contribution >= 0.6 is 0 Å². The average molecular weight is 293 g/mol. The van der Waals surface area contributed by atoms with Crippen LogP contribution in [0, 0.1) is 5.82 Å². The molecule has 5 nitrogen and oxygen atoms in total. The molecule has 6 heteroatoms. The molecule has 1 aliphatic rings. The van der Waals surface area contributed by atoms with Crippen LogP contribution in [0.5, 0.6) is 0 Å². The first-order valence-electron chi connectivity index (χ1n) is 7.00. The van der Waals surface area contributed by atoms with Crippen LogP contribution in [0.3, 0.4) is 0 Å². The molecule has 2 N–H and O–H groups in total. The van der Waals surface area contributed by atoms with Gasteiger partial charge in [-0.15, -0.1) is 0 Å². The van der Waals surface area contributed by atoms with Crippen LogP contribution in [0.4, 0.5) is 10.1 Å². The SMILES string of the molecule is CC(C)NCc1ccc(N2CC(=O)NC(=O)C2C)c(F)c1. The quantitative estimate of drug-likeness (QED) is 0.818. The number of rotatable bonds is 4. The number of hydrogen-bond acceptors (Lipinski definition) is 4. The smallest absolute Gasteiger partial charge is 0.249 e. The van der Waals surface area contributed by atoms with Crippen LogP contribution in [-0.2, 0) is 16.1 Å². The number of anilines is 1. The van der Waals surface area contributed by atoms with Crippen LogP contribution in [0.25, 0.3) is 0 Å². The number of piperazine rings is 1. The molecule has 0 bridgehead atoms. The molecule has 0 aromatic heterocycles. The molecule has 0 aliphatic carbocycles. The lowest BCUT2D eigenvalue weighted by Gasteiger charge is -2.33. The van der Waals surface area contributed by atoms with E-state index in [1.54, 1.807) is 19.1 Å². The van der Waals surface area contributed by atoms with Crippen molar-refractivity contribution in [1.29, 1.82) is 0 Å². The van der Waals surface area contributed by atoms with Gasteiger partial charge in [0.25, 0.3) is 0 Å². The Hall–Kier alpha value is -1.95. The zero-order valence-corrected chi connectivity index (χ0v) is 12.4. The lowest BCUT2D eigenvalue weighted by molar-refractivity contribution is -0.132. The first kappa shape index (κ1) is 15.4. The summed E-state index contributed by atoms with van der Waals surface area (Å²) in [6, 6.07) is 4.61. The first-order valence-corrected chi connectivity index (χ1v) is 7.00. The molecule has 1 atom stereocenters. The molecule has 0 radical (unpaired) electrons. The molecule has 1 aliphatic heterocycles. The van der Waals surface area contributed by atoms with Crippen molar-refractivity contribution in [3.8, 4) is 0 Å². The molecule has 0 spiro atoms. The third-order valence-corrected chi connectivity index (χ3v) is 3.46. The second kappa shape index (κ2) is 6.22. The number of imide groups is 1. The number of nitrogens with one attached hydrogen (secondary N) is 2. The Labute approximate surface area is 123 Å². The van der Waals surface area contributed by atoms with Crippen molar-refractivity contribution in [1.82, 2.24) is 10.6 Å². The van der Waals surface area contributed by atoms with Gasteiger partial charge in [0.1, 0.15) is 11.9 Å². The Morgan fingerprint density at radius 3 is 2.76 bits per heavy atom. The molecule has 1 aromatic carbocycles. The predicted octanol–water partition coefficient (Wildman–Crippen LogP) is 1.17. The third-order valence-electron chi connectivity index (χ3n) is 3.46. The molecular weight excluding hydrogens is 273 g/mol. The molecule has 21 heavy (non-hydrogen) atoms. The fourth-order valence-corrected chi connectivity index (χ4v) is 2.22. The number of amides is 2. The van der Waals surface area contributed by atoms with Crippen molar-refractivity contribution < 1.29 is 14.0 Å². The van der Waals surface area contributed by atoms with Gasteiger partial charge in [0.15, 0.2) is 0 Å². The van der Waals surface area contributed by atoms with Crippen LogP contribution in [-0.4, -0.2) is 30.4 Å². The maximum atomic E-state index is 14.3. The van der Waals surface area contributed by atoms with E-state index in [1.807, 2.05) is 13.8 Å². The third kappa shape index (κ3) is 3.58. The van der Waals surface area contributed by atoms with Gasteiger partial charge < -0.3 is 10.2 Å². The summed E-state index contributed by atoms with van der Waals surface area (Å²) in [7, 11) is 0. The Morgan fingerprint density at radius 1 is 1.43 bits per heavy atom. The van der Waals surface area contributed by atoms with Gasteiger partial charge in [0, 0.05) is 12.6 Å². The fraction of sp³-hybridized carbons (Fsp3) is 0.467. The number of hydrogen-bond donors (Lipinski definition) is 2. The summed E-state index contributed by atoms with van der Waals surface area (Å²) in [5.74, 6) is -1.24. The predicted molar refractivity (Wildman–Crippen MR) is 78.3 cm³/mol. The molecule has 2 amide bonds. The van der Waals surface area contributed by atoms with E-state index in [4.69, 9.17) is 0 Å². The number of carbonyl (C=O) groups is 2. The normalized spacial score (nSPS) is 19.1. The van der Waals surface area contributed by atoms with Crippen molar-refractivity contribution in [3.05, 3.63) is 29.6 Å². The highest BCUT2D eigenvalue weighted by molar-refractivity contribution is 6.04. The maximum Gasteiger partial charge on any atom is 0.249 e. The van der Waals surface area contributed by atoms with Gasteiger partial charge in [0.2, 0.25) is 11.8 Å². The number of carbonyl (C=O) groups excluding carboxylic acids is 2. The second-order valence-corrected chi connectivity index (χ2v) is 5.54. The van der Waals surface area contributed by atoms with Crippen molar-refractivity contribution in [3.63, 3.8) is 0 Å². The molecule has 2 rings (SSSR count). The fourth-order valence-electron chi connectivity index (χ4n) is 2.22. The Bertz CT molecular complexity index is 560. The van der Waals surface area contributed by atoms with E-state index in [-0.39, 0.29) is 12.2 Å². The average Bonchev–Trinajstić information content (AvgIpc) is 2.41. The summed E-state index contributed by atoms with van der Waals surface area (Å²) in [6.45, 7) is 6.24. The van der Waals surface area contributed by atoms with Crippen molar-refractivity contribution in [2.75, 3.05) is 11.4 Å². The molecule has 1 aromatic rings. The van der Waals surface area contributed by atoms with Crippen LogP contribution in [0.15, 0.2) is 18.2 Å². The zero-order valence-electron chi connectivity index (χ0n) is 12.4. The monoisotopic (exact) mass is 293 g/mol.